The summed E-state index contributed by atoms with van der Waals surface area (Å²) in [6.07, 6.45) is 4.97. The Morgan fingerprint density at radius 2 is 2.12 bits per heavy atom. The second-order valence-corrected chi connectivity index (χ2v) is 5.79. The molecule has 8 nitrogen and oxygen atoms in total. The number of hydrogen-bond acceptors (Lipinski definition) is 5. The molecule has 0 aliphatic heterocycles. The Labute approximate surface area is 140 Å². The van der Waals surface area contributed by atoms with E-state index in [1.807, 2.05) is 25.1 Å². The molecule has 4 aromatic heterocycles. The first kappa shape index (κ1) is 13.7. The van der Waals surface area contributed by atoms with Crippen LogP contribution in [0.15, 0.2) is 52.1 Å². The zero-order valence-corrected chi connectivity index (χ0v) is 13.1. The maximum Gasteiger partial charge on any atom is 0.273 e. The van der Waals surface area contributed by atoms with Gasteiger partial charge in [-0.1, -0.05) is 6.07 Å². The lowest BCUT2D eigenvalue weighted by molar-refractivity contribution is 0.574. The SMILES string of the molecule is Cc1coc(-c2c[nH]n3c(=O)cc(-c4ccc5[nH]ncc5c4)nc23)n1. The molecule has 25 heavy (non-hydrogen) atoms. The van der Waals surface area contributed by atoms with Gasteiger partial charge >= 0.3 is 0 Å². The highest BCUT2D eigenvalue weighted by atomic mass is 16.3. The molecule has 2 N–H and O–H groups in total. The number of aromatic amines is 2. The van der Waals surface area contributed by atoms with Crippen LogP contribution in [0.3, 0.4) is 0 Å². The summed E-state index contributed by atoms with van der Waals surface area (Å²) in [5.74, 6) is 0.422. The third-order valence-corrected chi connectivity index (χ3v) is 4.08. The van der Waals surface area contributed by atoms with Crippen LogP contribution in [0, 0.1) is 6.92 Å². The van der Waals surface area contributed by atoms with E-state index in [2.05, 4.69) is 25.3 Å². The van der Waals surface area contributed by atoms with Crippen molar-refractivity contribution in [1.29, 1.82) is 0 Å². The summed E-state index contributed by atoms with van der Waals surface area (Å²) in [5, 5.41) is 10.8. The molecule has 0 aliphatic carbocycles. The molecule has 0 unspecified atom stereocenters. The molecule has 0 fully saturated rings. The average Bonchev–Trinajstić information content (AvgIpc) is 3.32. The molecule has 0 atom stereocenters. The van der Waals surface area contributed by atoms with Crippen molar-refractivity contribution in [3.8, 4) is 22.7 Å². The van der Waals surface area contributed by atoms with Crippen LogP contribution in [0.1, 0.15) is 5.69 Å². The van der Waals surface area contributed by atoms with Gasteiger partial charge in [-0.25, -0.2) is 14.5 Å². The Kier molecular flexibility index (Phi) is 2.69. The summed E-state index contributed by atoms with van der Waals surface area (Å²) in [7, 11) is 0. The van der Waals surface area contributed by atoms with E-state index in [1.54, 1.807) is 18.7 Å². The zero-order chi connectivity index (χ0) is 17.0. The molecule has 0 bridgehead atoms. The fourth-order valence-electron chi connectivity index (χ4n) is 2.87. The Morgan fingerprint density at radius 1 is 1.20 bits per heavy atom. The Bertz CT molecular complexity index is 1290. The van der Waals surface area contributed by atoms with Crippen LogP contribution in [0.2, 0.25) is 0 Å². The number of aromatic nitrogens is 6. The van der Waals surface area contributed by atoms with Crippen LogP contribution in [-0.2, 0) is 0 Å². The normalized spacial score (nSPS) is 11.6. The number of benzene rings is 1. The van der Waals surface area contributed by atoms with Crippen molar-refractivity contribution in [3.05, 3.63) is 59.0 Å². The number of oxazole rings is 1. The molecule has 1 aromatic carbocycles. The maximum atomic E-state index is 12.5. The first-order valence-electron chi connectivity index (χ1n) is 7.66. The van der Waals surface area contributed by atoms with Crippen LogP contribution in [0.5, 0.6) is 0 Å². The summed E-state index contributed by atoms with van der Waals surface area (Å²) < 4.78 is 6.82. The molecular formula is C17H12N6O2. The molecule has 4 heterocycles. The number of rotatable bonds is 2. The Balaban J connectivity index is 1.75. The van der Waals surface area contributed by atoms with Gasteiger partial charge in [0.15, 0.2) is 5.65 Å². The summed E-state index contributed by atoms with van der Waals surface area (Å²) in [4.78, 5) is 21.4. The molecule has 122 valence electrons. The van der Waals surface area contributed by atoms with E-state index < -0.39 is 0 Å². The minimum absolute atomic E-state index is 0.207. The molecular weight excluding hydrogens is 320 g/mol. The monoisotopic (exact) mass is 332 g/mol. The number of aryl methyl sites for hydroxylation is 1. The fourth-order valence-corrected chi connectivity index (χ4v) is 2.87. The molecule has 5 aromatic rings. The van der Waals surface area contributed by atoms with Crippen LogP contribution in [-0.4, -0.2) is 29.8 Å². The topological polar surface area (TPSA) is 105 Å². The number of H-pyrrole nitrogens is 2. The quantitative estimate of drug-likeness (QED) is 0.517. The van der Waals surface area contributed by atoms with Crippen molar-refractivity contribution in [2.45, 2.75) is 6.92 Å². The third kappa shape index (κ3) is 2.08. The first-order valence-corrected chi connectivity index (χ1v) is 7.66. The summed E-state index contributed by atoms with van der Waals surface area (Å²) >= 11 is 0. The van der Waals surface area contributed by atoms with E-state index >= 15 is 0 Å². The smallest absolute Gasteiger partial charge is 0.273 e. The van der Waals surface area contributed by atoms with Crippen LogP contribution < -0.4 is 5.56 Å². The highest BCUT2D eigenvalue weighted by molar-refractivity contribution is 5.84. The van der Waals surface area contributed by atoms with Crippen molar-refractivity contribution in [2.75, 3.05) is 0 Å². The van der Waals surface area contributed by atoms with Crippen LogP contribution in [0.25, 0.3) is 39.3 Å². The highest BCUT2D eigenvalue weighted by Crippen LogP contribution is 2.25. The van der Waals surface area contributed by atoms with Gasteiger partial charge in [0.1, 0.15) is 6.26 Å². The zero-order valence-electron chi connectivity index (χ0n) is 13.1. The summed E-state index contributed by atoms with van der Waals surface area (Å²) in [6.45, 7) is 1.84. The molecule has 0 amide bonds. The first-order chi connectivity index (χ1) is 12.2. The van der Waals surface area contributed by atoms with Crippen LogP contribution >= 0.6 is 0 Å². The lowest BCUT2D eigenvalue weighted by atomic mass is 10.1. The van der Waals surface area contributed by atoms with E-state index in [0.29, 0.717) is 22.8 Å². The van der Waals surface area contributed by atoms with E-state index in [9.17, 15) is 4.79 Å². The molecule has 0 radical (unpaired) electrons. The van der Waals surface area contributed by atoms with Gasteiger partial charge in [0.05, 0.1) is 28.7 Å². The third-order valence-electron chi connectivity index (χ3n) is 4.08. The van der Waals surface area contributed by atoms with Crippen molar-refractivity contribution in [1.82, 2.24) is 29.8 Å². The molecule has 5 rings (SSSR count). The second-order valence-electron chi connectivity index (χ2n) is 5.79. The fraction of sp³-hybridized carbons (Fsp3) is 0.0588. The van der Waals surface area contributed by atoms with E-state index in [-0.39, 0.29) is 5.56 Å². The molecule has 0 aliphatic rings. The minimum atomic E-state index is -0.207. The minimum Gasteiger partial charge on any atom is -0.444 e. The number of nitrogens with zero attached hydrogens (tertiary/aromatic N) is 4. The number of nitrogens with one attached hydrogen (secondary N) is 2. The molecule has 8 heteroatoms. The van der Waals surface area contributed by atoms with Gasteiger partial charge in [0.25, 0.3) is 5.56 Å². The van der Waals surface area contributed by atoms with Crippen molar-refractivity contribution >= 4 is 16.6 Å². The molecule has 0 saturated heterocycles. The predicted molar refractivity (Wildman–Crippen MR) is 91.1 cm³/mol. The number of hydrogen-bond donors (Lipinski definition) is 2. The predicted octanol–water partition coefficient (Wildman–Crippen LogP) is 2.53. The lowest BCUT2D eigenvalue weighted by Crippen LogP contribution is -2.14. The van der Waals surface area contributed by atoms with Crippen molar-refractivity contribution < 1.29 is 4.42 Å². The van der Waals surface area contributed by atoms with E-state index in [1.165, 1.54) is 10.6 Å². The standard InChI is InChI=1S/C17H12N6O2/c1-9-8-25-17(20-9)12-7-19-23-15(24)5-14(21-16(12)23)10-2-3-13-11(4-10)6-18-22-13/h2-8,19H,1H3,(H,18,22). The van der Waals surface area contributed by atoms with Gasteiger partial charge in [0.2, 0.25) is 5.89 Å². The van der Waals surface area contributed by atoms with Gasteiger partial charge in [0, 0.05) is 23.2 Å². The Morgan fingerprint density at radius 3 is 2.96 bits per heavy atom. The van der Waals surface area contributed by atoms with Gasteiger partial charge in [-0.3, -0.25) is 15.0 Å². The van der Waals surface area contributed by atoms with Crippen LogP contribution in [0.4, 0.5) is 0 Å². The Hall–Kier alpha value is -3.68. The second kappa shape index (κ2) is 4.91. The largest absolute Gasteiger partial charge is 0.444 e. The highest BCUT2D eigenvalue weighted by Gasteiger charge is 2.15. The molecule has 0 spiro atoms. The summed E-state index contributed by atoms with van der Waals surface area (Å²) in [6, 6.07) is 7.26. The summed E-state index contributed by atoms with van der Waals surface area (Å²) in [5.41, 5.74) is 4.01. The number of fused-ring (bicyclic) bond motifs is 2. The van der Waals surface area contributed by atoms with Crippen molar-refractivity contribution in [2.24, 2.45) is 0 Å². The van der Waals surface area contributed by atoms with Gasteiger partial charge in [-0.05, 0) is 19.1 Å². The van der Waals surface area contributed by atoms with Gasteiger partial charge in [-0.2, -0.15) is 5.10 Å². The molecule has 0 saturated carbocycles. The van der Waals surface area contributed by atoms with E-state index in [0.717, 1.165) is 22.2 Å². The lowest BCUT2D eigenvalue weighted by Gasteiger charge is -2.02. The van der Waals surface area contributed by atoms with Crippen molar-refractivity contribution in [3.63, 3.8) is 0 Å². The van der Waals surface area contributed by atoms with E-state index in [4.69, 9.17) is 4.42 Å². The van der Waals surface area contributed by atoms with Gasteiger partial charge in [-0.15, -0.1) is 0 Å². The average molecular weight is 332 g/mol. The van der Waals surface area contributed by atoms with Gasteiger partial charge < -0.3 is 4.42 Å². The maximum absolute atomic E-state index is 12.5.